The Bertz CT molecular complexity index is 1380. The third kappa shape index (κ3) is 6.75. The lowest BCUT2D eigenvalue weighted by molar-refractivity contribution is -0.129. The molecule has 37 heavy (non-hydrogen) atoms. The summed E-state index contributed by atoms with van der Waals surface area (Å²) in [6.07, 6.45) is -0.155. The molecule has 0 heterocycles. The van der Waals surface area contributed by atoms with Gasteiger partial charge in [0.1, 0.15) is 6.10 Å². The van der Waals surface area contributed by atoms with Crippen molar-refractivity contribution in [2.24, 2.45) is 0 Å². The van der Waals surface area contributed by atoms with Crippen molar-refractivity contribution < 1.29 is 19.0 Å². The Morgan fingerprint density at radius 2 is 1.46 bits per heavy atom. The fraction of sp³-hybridized carbons (Fsp3) is 0.258. The van der Waals surface area contributed by atoms with Crippen LogP contribution in [0, 0.1) is 0 Å². The smallest absolute Gasteiger partial charge is 0.264 e. The van der Waals surface area contributed by atoms with Crippen LogP contribution in [-0.2, 0) is 20.3 Å². The van der Waals surface area contributed by atoms with Gasteiger partial charge < -0.3 is 14.9 Å². The van der Waals surface area contributed by atoms with Crippen LogP contribution in [0.1, 0.15) is 44.2 Å². The molecule has 0 aliphatic carbocycles. The van der Waals surface area contributed by atoms with Crippen LogP contribution in [0.15, 0.2) is 103 Å². The number of hydrogen-bond acceptors (Lipinski definition) is 4. The first-order chi connectivity index (χ1) is 17.7. The van der Waals surface area contributed by atoms with Crippen LogP contribution in [0.3, 0.4) is 0 Å². The van der Waals surface area contributed by atoms with Crippen LogP contribution in [0.2, 0.25) is 0 Å². The van der Waals surface area contributed by atoms with Gasteiger partial charge in [-0.2, -0.15) is 0 Å². The third-order valence-corrected chi connectivity index (χ3v) is 8.65. The van der Waals surface area contributed by atoms with Crippen molar-refractivity contribution >= 4 is 29.4 Å². The highest BCUT2D eigenvalue weighted by Gasteiger charge is 2.41. The zero-order valence-electron chi connectivity index (χ0n) is 21.5. The van der Waals surface area contributed by atoms with E-state index in [-0.39, 0.29) is 5.91 Å². The van der Waals surface area contributed by atoms with Crippen molar-refractivity contribution in [3.8, 4) is 0 Å². The number of nitrogens with one attached hydrogen (secondary N) is 1. The monoisotopic (exact) mass is 515 g/mol. The number of fused-ring (bicyclic) bond motifs is 1. The molecule has 0 aromatic heterocycles. The number of amides is 1. The van der Waals surface area contributed by atoms with E-state index in [9.17, 15) is 14.5 Å². The summed E-state index contributed by atoms with van der Waals surface area (Å²) in [5.74, 6) is -1.80. The van der Waals surface area contributed by atoms with E-state index in [1.165, 1.54) is 0 Å². The average Bonchev–Trinajstić information content (AvgIpc) is 2.90. The second kappa shape index (κ2) is 11.4. The topological polar surface area (TPSA) is 75.6 Å². The summed E-state index contributed by atoms with van der Waals surface area (Å²) in [5.41, 5.74) is 1.02. The molecule has 0 saturated carbocycles. The van der Waals surface area contributed by atoms with Crippen molar-refractivity contribution in [2.45, 2.75) is 51.1 Å². The predicted molar refractivity (Wildman–Crippen MR) is 150 cm³/mol. The standard InChI is InChI=1S/C31H34NO4P/c1-31(2,3)32-29(33)28(21-18-23-12-6-4-7-13-23)36-37(35,27-16-8-5-9-17-27)30(34)26-20-19-24-14-10-11-15-25(24)22-26/h4-17,19-20,22,28,30,34H,18,21H2,1-3H3,(H,32,33). The maximum atomic E-state index is 14.7. The minimum atomic E-state index is -3.96. The Morgan fingerprint density at radius 3 is 2.11 bits per heavy atom. The molecular weight excluding hydrogens is 481 g/mol. The molecular formula is C31H34NO4P. The first-order valence-electron chi connectivity index (χ1n) is 12.5. The summed E-state index contributed by atoms with van der Waals surface area (Å²) in [6, 6.07) is 31.8. The van der Waals surface area contributed by atoms with Gasteiger partial charge in [0, 0.05) is 10.8 Å². The maximum Gasteiger partial charge on any atom is 0.264 e. The highest BCUT2D eigenvalue weighted by atomic mass is 31.2. The predicted octanol–water partition coefficient (Wildman–Crippen LogP) is 6.37. The molecule has 1 amide bonds. The van der Waals surface area contributed by atoms with Gasteiger partial charge in [-0.3, -0.25) is 9.36 Å². The lowest BCUT2D eigenvalue weighted by atomic mass is 10.0. The zero-order chi connectivity index (χ0) is 26.5. The van der Waals surface area contributed by atoms with E-state index in [2.05, 4.69) is 5.32 Å². The molecule has 0 radical (unpaired) electrons. The molecule has 0 fully saturated rings. The number of carbonyl (C=O) groups is 1. The van der Waals surface area contributed by atoms with E-state index in [0.717, 1.165) is 16.3 Å². The van der Waals surface area contributed by atoms with Crippen molar-refractivity contribution in [1.82, 2.24) is 5.32 Å². The second-order valence-electron chi connectivity index (χ2n) is 10.3. The Hall–Kier alpha value is -3.24. The first-order valence-corrected chi connectivity index (χ1v) is 14.2. The Labute approximate surface area is 219 Å². The third-order valence-electron chi connectivity index (χ3n) is 6.12. The van der Waals surface area contributed by atoms with Gasteiger partial charge in [-0.25, -0.2) is 0 Å². The minimum absolute atomic E-state index is 0.313. The first kappa shape index (κ1) is 26.8. The number of rotatable bonds is 9. The molecule has 0 aliphatic rings. The van der Waals surface area contributed by atoms with E-state index in [1.54, 1.807) is 30.3 Å². The van der Waals surface area contributed by atoms with Gasteiger partial charge >= 0.3 is 0 Å². The van der Waals surface area contributed by atoms with Gasteiger partial charge in [0.25, 0.3) is 7.37 Å². The maximum absolute atomic E-state index is 14.7. The van der Waals surface area contributed by atoms with Gasteiger partial charge in [0.15, 0.2) is 5.85 Å². The fourth-order valence-electron chi connectivity index (χ4n) is 4.27. The molecule has 3 atom stereocenters. The lowest BCUT2D eigenvalue weighted by Gasteiger charge is -2.30. The van der Waals surface area contributed by atoms with Gasteiger partial charge in [-0.05, 0) is 73.7 Å². The molecule has 2 N–H and O–H groups in total. The molecule has 4 aromatic rings. The summed E-state index contributed by atoms with van der Waals surface area (Å²) in [7, 11) is -3.96. The van der Waals surface area contributed by atoms with Crippen molar-refractivity contribution in [1.29, 1.82) is 0 Å². The number of benzene rings is 4. The van der Waals surface area contributed by atoms with Crippen LogP contribution >= 0.6 is 7.37 Å². The molecule has 192 valence electrons. The molecule has 0 bridgehead atoms. The largest absolute Gasteiger partial charge is 0.378 e. The van der Waals surface area contributed by atoms with Gasteiger partial charge in [0.05, 0.1) is 0 Å². The molecule has 0 aliphatic heterocycles. The normalized spacial score (nSPS) is 15.0. The van der Waals surface area contributed by atoms with E-state index in [4.69, 9.17) is 4.52 Å². The summed E-state index contributed by atoms with van der Waals surface area (Å²) >= 11 is 0. The second-order valence-corrected chi connectivity index (χ2v) is 12.7. The molecule has 4 rings (SSSR count). The average molecular weight is 516 g/mol. The summed E-state index contributed by atoms with van der Waals surface area (Å²) < 4.78 is 21.0. The zero-order valence-corrected chi connectivity index (χ0v) is 22.4. The van der Waals surface area contributed by atoms with E-state index in [1.807, 2.05) is 93.6 Å². The Morgan fingerprint density at radius 1 is 0.865 bits per heavy atom. The lowest BCUT2D eigenvalue weighted by Crippen LogP contribution is -2.47. The van der Waals surface area contributed by atoms with E-state index < -0.39 is 24.9 Å². The van der Waals surface area contributed by atoms with E-state index in [0.29, 0.717) is 23.7 Å². The summed E-state index contributed by atoms with van der Waals surface area (Å²) in [6.45, 7) is 5.67. The summed E-state index contributed by atoms with van der Waals surface area (Å²) in [4.78, 5) is 13.4. The van der Waals surface area contributed by atoms with Gasteiger partial charge in [0.2, 0.25) is 5.91 Å². The van der Waals surface area contributed by atoms with Crippen LogP contribution in [0.5, 0.6) is 0 Å². The number of hydrogen-bond donors (Lipinski definition) is 2. The molecule has 3 unspecified atom stereocenters. The quantitative estimate of drug-likeness (QED) is 0.254. The Balaban J connectivity index is 1.72. The van der Waals surface area contributed by atoms with Crippen molar-refractivity contribution in [2.75, 3.05) is 0 Å². The van der Waals surface area contributed by atoms with Gasteiger partial charge in [-0.1, -0.05) is 84.9 Å². The van der Waals surface area contributed by atoms with Crippen LogP contribution < -0.4 is 10.6 Å². The van der Waals surface area contributed by atoms with Crippen molar-refractivity contribution in [3.63, 3.8) is 0 Å². The minimum Gasteiger partial charge on any atom is -0.378 e. The molecule has 5 nitrogen and oxygen atoms in total. The SMILES string of the molecule is CC(C)(C)NC(=O)C(CCc1ccccc1)OP(=O)(c1ccccc1)C(O)c1ccc2ccccc2c1. The highest BCUT2D eigenvalue weighted by molar-refractivity contribution is 7.67. The highest BCUT2D eigenvalue weighted by Crippen LogP contribution is 2.59. The number of carbonyl (C=O) groups excluding carboxylic acids is 1. The number of aliphatic hydroxyl groups excluding tert-OH is 1. The van der Waals surface area contributed by atoms with Gasteiger partial charge in [-0.15, -0.1) is 0 Å². The van der Waals surface area contributed by atoms with Crippen LogP contribution in [0.4, 0.5) is 0 Å². The van der Waals surface area contributed by atoms with Crippen LogP contribution in [0.25, 0.3) is 10.8 Å². The molecule has 0 spiro atoms. The summed E-state index contributed by atoms with van der Waals surface area (Å²) in [5, 5.41) is 16.8. The molecule has 0 saturated heterocycles. The Kier molecular flexibility index (Phi) is 8.29. The van der Waals surface area contributed by atoms with Crippen molar-refractivity contribution in [3.05, 3.63) is 114 Å². The molecule has 4 aromatic carbocycles. The number of aliphatic hydroxyl groups is 1. The van der Waals surface area contributed by atoms with E-state index >= 15 is 0 Å². The molecule has 6 heteroatoms. The number of aryl methyl sites for hydroxylation is 1. The van der Waals surface area contributed by atoms with Crippen LogP contribution in [-0.4, -0.2) is 22.7 Å². The fourth-order valence-corrected chi connectivity index (χ4v) is 6.51.